The van der Waals surface area contributed by atoms with Crippen LogP contribution in [0.4, 0.5) is 4.79 Å². The molecule has 0 radical (unpaired) electrons. The number of rotatable bonds is 5. The van der Waals surface area contributed by atoms with Crippen molar-refractivity contribution in [1.82, 2.24) is 14.1 Å². The number of aromatic nitrogens is 2. The van der Waals surface area contributed by atoms with Crippen LogP contribution in [0.5, 0.6) is 11.5 Å². The van der Waals surface area contributed by atoms with Crippen LogP contribution in [-0.2, 0) is 15.9 Å². The molecule has 0 spiro atoms. The molecule has 0 saturated heterocycles. The van der Waals surface area contributed by atoms with Crippen molar-refractivity contribution in [1.29, 1.82) is 0 Å². The quantitative estimate of drug-likeness (QED) is 0.178. The van der Waals surface area contributed by atoms with Crippen LogP contribution in [0.1, 0.15) is 45.1 Å². The SMILES string of the molecule is CNC(=O)Oc1c2cc(-c3ccc(C(C)(C)N)c4nsnc34)sc2c(OC(C)=O)c2cc(C(C)(C)N)sc12. The first-order valence-corrected chi connectivity index (χ1v) is 14.1. The summed E-state index contributed by atoms with van der Waals surface area (Å²) in [5.41, 5.74) is 14.8. The maximum atomic E-state index is 12.4. The number of benzene rings is 2. The lowest BCUT2D eigenvalue weighted by Crippen LogP contribution is -2.28. The fourth-order valence-electron chi connectivity index (χ4n) is 4.23. The summed E-state index contributed by atoms with van der Waals surface area (Å²) in [4.78, 5) is 26.3. The van der Waals surface area contributed by atoms with Gasteiger partial charge in [0.05, 0.1) is 21.1 Å². The number of thiophene rings is 2. The van der Waals surface area contributed by atoms with Crippen molar-refractivity contribution in [2.45, 2.75) is 45.7 Å². The first-order chi connectivity index (χ1) is 17.8. The number of amides is 1. The van der Waals surface area contributed by atoms with Crippen molar-refractivity contribution in [3.05, 3.63) is 34.7 Å². The molecule has 0 fully saturated rings. The van der Waals surface area contributed by atoms with Crippen LogP contribution in [0.15, 0.2) is 24.3 Å². The topological polar surface area (TPSA) is 142 Å². The molecule has 9 nitrogen and oxygen atoms in total. The molecule has 38 heavy (non-hydrogen) atoms. The van der Waals surface area contributed by atoms with Gasteiger partial charge in [-0.05, 0) is 39.8 Å². The molecule has 198 valence electrons. The van der Waals surface area contributed by atoms with Gasteiger partial charge in [0.25, 0.3) is 0 Å². The Kier molecular flexibility index (Phi) is 6.43. The predicted octanol–water partition coefficient (Wildman–Crippen LogP) is 5.82. The van der Waals surface area contributed by atoms with Crippen LogP contribution in [0.25, 0.3) is 41.6 Å². The van der Waals surface area contributed by atoms with Crippen molar-refractivity contribution in [2.75, 3.05) is 7.05 Å². The summed E-state index contributed by atoms with van der Waals surface area (Å²) in [5, 5.41) is 3.81. The molecule has 5 aromatic rings. The minimum atomic E-state index is -0.651. The van der Waals surface area contributed by atoms with E-state index in [1.54, 1.807) is 0 Å². The average molecular weight is 570 g/mol. The Morgan fingerprint density at radius 1 is 0.895 bits per heavy atom. The highest BCUT2D eigenvalue weighted by molar-refractivity contribution is 7.23. The van der Waals surface area contributed by atoms with E-state index < -0.39 is 23.1 Å². The summed E-state index contributed by atoms with van der Waals surface area (Å²) in [6.07, 6.45) is -0.608. The van der Waals surface area contributed by atoms with Gasteiger partial charge in [-0.25, -0.2) is 4.79 Å². The molecule has 0 unspecified atom stereocenters. The standard InChI is InChI=1S/C26H27N5O4S3/c1-11(32)34-20-14-10-17(26(4,5)28)37-23(14)21(35-24(33)29-6)13-9-16(36-22(13)20)12-7-8-15(25(2,3)27)19-18(12)30-38-31-19/h7-10H,27-28H2,1-6H3,(H,29,33). The number of hydrogen-bond donors (Lipinski definition) is 3. The number of hydrogen-bond acceptors (Lipinski definition) is 11. The number of carbonyl (C=O) groups is 2. The van der Waals surface area contributed by atoms with E-state index in [0.717, 1.165) is 43.6 Å². The highest BCUT2D eigenvalue weighted by Crippen LogP contribution is 2.52. The smallest absolute Gasteiger partial charge is 0.412 e. The van der Waals surface area contributed by atoms with E-state index in [-0.39, 0.29) is 0 Å². The predicted molar refractivity (Wildman–Crippen MR) is 154 cm³/mol. The third-order valence-corrected chi connectivity index (χ3v) is 9.19. The van der Waals surface area contributed by atoms with Gasteiger partial charge in [-0.1, -0.05) is 12.1 Å². The van der Waals surface area contributed by atoms with Crippen molar-refractivity contribution in [2.24, 2.45) is 11.5 Å². The van der Waals surface area contributed by atoms with Crippen LogP contribution >= 0.6 is 34.4 Å². The summed E-state index contributed by atoms with van der Waals surface area (Å²) in [5.74, 6) is 0.325. The monoisotopic (exact) mass is 569 g/mol. The van der Waals surface area contributed by atoms with E-state index in [0.29, 0.717) is 31.7 Å². The first kappa shape index (κ1) is 26.4. The van der Waals surface area contributed by atoms with Gasteiger partial charge in [0.2, 0.25) is 0 Å². The molecule has 0 aliphatic rings. The third kappa shape index (κ3) is 4.52. The molecule has 2 aromatic carbocycles. The molecule has 0 atom stereocenters. The van der Waals surface area contributed by atoms with Crippen LogP contribution in [0.2, 0.25) is 0 Å². The minimum Gasteiger partial charge on any atom is -0.424 e. The second kappa shape index (κ2) is 9.24. The Labute approximate surface area is 231 Å². The molecule has 0 aliphatic carbocycles. The van der Waals surface area contributed by atoms with Crippen molar-refractivity contribution < 1.29 is 19.1 Å². The fraction of sp³-hybridized carbons (Fsp3) is 0.308. The zero-order valence-electron chi connectivity index (χ0n) is 21.7. The van der Waals surface area contributed by atoms with Gasteiger partial charge in [0, 0.05) is 56.7 Å². The van der Waals surface area contributed by atoms with Crippen LogP contribution in [0, 0.1) is 0 Å². The zero-order valence-corrected chi connectivity index (χ0v) is 24.2. The molecule has 1 amide bonds. The van der Waals surface area contributed by atoms with Crippen LogP contribution in [-0.4, -0.2) is 27.9 Å². The fourth-order valence-corrected chi connectivity index (χ4v) is 7.14. The van der Waals surface area contributed by atoms with Gasteiger partial charge >= 0.3 is 12.1 Å². The van der Waals surface area contributed by atoms with Gasteiger partial charge in [-0.15, -0.1) is 22.7 Å². The van der Waals surface area contributed by atoms with Crippen molar-refractivity contribution in [3.8, 4) is 21.9 Å². The third-order valence-electron chi connectivity index (χ3n) is 6.02. The molecule has 12 heteroatoms. The van der Waals surface area contributed by atoms with Crippen molar-refractivity contribution in [3.63, 3.8) is 0 Å². The maximum Gasteiger partial charge on any atom is 0.412 e. The van der Waals surface area contributed by atoms with E-state index in [2.05, 4.69) is 14.1 Å². The van der Waals surface area contributed by atoms with E-state index >= 15 is 0 Å². The second-order valence-electron chi connectivity index (χ2n) is 10.2. The highest BCUT2D eigenvalue weighted by atomic mass is 32.1. The molecule has 3 heterocycles. The van der Waals surface area contributed by atoms with Crippen LogP contribution in [0.3, 0.4) is 0 Å². The number of nitrogens with zero attached hydrogens (tertiary/aromatic N) is 2. The zero-order chi connectivity index (χ0) is 27.6. The van der Waals surface area contributed by atoms with E-state index in [1.165, 1.54) is 36.6 Å². The Balaban J connectivity index is 1.85. The average Bonchev–Trinajstić information content (AvgIpc) is 3.57. The summed E-state index contributed by atoms with van der Waals surface area (Å²) < 4.78 is 22.0. The molecule has 3 aromatic heterocycles. The van der Waals surface area contributed by atoms with Crippen LogP contribution < -0.4 is 26.3 Å². The lowest BCUT2D eigenvalue weighted by molar-refractivity contribution is -0.131. The molecule has 0 saturated carbocycles. The largest absolute Gasteiger partial charge is 0.424 e. The van der Waals surface area contributed by atoms with E-state index in [1.807, 2.05) is 52.0 Å². The van der Waals surface area contributed by atoms with Gasteiger partial charge in [0.1, 0.15) is 11.0 Å². The number of fused-ring (bicyclic) bond motifs is 3. The Bertz CT molecular complexity index is 1740. The van der Waals surface area contributed by atoms with Crippen molar-refractivity contribution >= 4 is 77.7 Å². The second-order valence-corrected chi connectivity index (χ2v) is 12.8. The molecule has 5 N–H and O–H groups in total. The molecule has 0 aliphatic heterocycles. The number of esters is 1. The summed E-state index contributed by atoms with van der Waals surface area (Å²) in [7, 11) is 1.50. The van der Waals surface area contributed by atoms with Gasteiger partial charge < -0.3 is 26.3 Å². The van der Waals surface area contributed by atoms with Gasteiger partial charge in [-0.2, -0.15) is 8.75 Å². The Morgan fingerprint density at radius 3 is 2.16 bits per heavy atom. The number of ether oxygens (including phenoxy) is 2. The number of carbonyl (C=O) groups excluding carboxylic acids is 2. The van der Waals surface area contributed by atoms with Gasteiger partial charge in [-0.3, -0.25) is 4.79 Å². The molecular formula is C26H27N5O4S3. The molecule has 0 bridgehead atoms. The number of nitrogens with one attached hydrogen (secondary N) is 1. The lowest BCUT2D eigenvalue weighted by Gasteiger charge is -2.19. The highest BCUT2D eigenvalue weighted by Gasteiger charge is 2.28. The summed E-state index contributed by atoms with van der Waals surface area (Å²) in [6, 6.07) is 7.76. The summed E-state index contributed by atoms with van der Waals surface area (Å²) >= 11 is 3.95. The van der Waals surface area contributed by atoms with Gasteiger partial charge in [0.15, 0.2) is 11.5 Å². The van der Waals surface area contributed by atoms with E-state index in [9.17, 15) is 9.59 Å². The molecule has 5 rings (SSSR count). The molecular weight excluding hydrogens is 543 g/mol. The normalized spacial score (nSPS) is 12.4. The Morgan fingerprint density at radius 2 is 1.53 bits per heavy atom. The number of nitrogens with two attached hydrogens (primary N) is 2. The Hall–Kier alpha value is -3.16. The van der Waals surface area contributed by atoms with E-state index in [4.69, 9.17) is 20.9 Å². The first-order valence-electron chi connectivity index (χ1n) is 11.7. The minimum absolute atomic E-state index is 0.376. The lowest BCUT2D eigenvalue weighted by atomic mass is 9.92. The summed E-state index contributed by atoms with van der Waals surface area (Å²) in [6.45, 7) is 9.00. The maximum absolute atomic E-state index is 12.4.